The molecule has 0 atom stereocenters. The van der Waals surface area contributed by atoms with E-state index in [1.54, 1.807) is 12.3 Å². The largest absolute Gasteiger partial charge is 0.495 e. The van der Waals surface area contributed by atoms with Crippen LogP contribution in [0.5, 0.6) is 5.75 Å². The van der Waals surface area contributed by atoms with Gasteiger partial charge in [-0.3, -0.25) is 0 Å². The van der Waals surface area contributed by atoms with Gasteiger partial charge in [0.1, 0.15) is 22.3 Å². The van der Waals surface area contributed by atoms with Crippen molar-refractivity contribution in [3.8, 4) is 5.75 Å². The molecular formula is C16H19ClN4O3S. The van der Waals surface area contributed by atoms with Gasteiger partial charge in [-0.25, -0.2) is 23.1 Å². The van der Waals surface area contributed by atoms with Crippen molar-refractivity contribution in [2.75, 3.05) is 25.1 Å². The number of nitrogens with one attached hydrogen (secondary N) is 1. The Labute approximate surface area is 152 Å². The van der Waals surface area contributed by atoms with Gasteiger partial charge in [-0.1, -0.05) is 11.6 Å². The number of anilines is 1. The molecule has 1 saturated heterocycles. The van der Waals surface area contributed by atoms with Crippen molar-refractivity contribution in [1.29, 1.82) is 0 Å². The second-order valence-electron chi connectivity index (χ2n) is 5.64. The summed E-state index contributed by atoms with van der Waals surface area (Å²) >= 11 is 5.91. The van der Waals surface area contributed by atoms with E-state index in [0.29, 0.717) is 10.8 Å². The average molecular weight is 383 g/mol. The van der Waals surface area contributed by atoms with E-state index in [0.717, 1.165) is 31.7 Å². The molecule has 3 rings (SSSR count). The molecule has 134 valence electrons. The minimum Gasteiger partial charge on any atom is -0.495 e. The van der Waals surface area contributed by atoms with Crippen molar-refractivity contribution in [2.45, 2.75) is 24.3 Å². The smallest absolute Gasteiger partial charge is 0.244 e. The van der Waals surface area contributed by atoms with Gasteiger partial charge in [0.05, 0.1) is 13.7 Å². The third kappa shape index (κ3) is 4.20. The predicted octanol–water partition coefficient (Wildman–Crippen LogP) is 2.22. The molecular weight excluding hydrogens is 364 g/mol. The Morgan fingerprint density at radius 2 is 2.04 bits per heavy atom. The summed E-state index contributed by atoms with van der Waals surface area (Å²) in [7, 11) is -2.40. The number of benzene rings is 1. The summed E-state index contributed by atoms with van der Waals surface area (Å²) in [6, 6.07) is 6.27. The van der Waals surface area contributed by atoms with E-state index in [9.17, 15) is 8.42 Å². The molecule has 0 aliphatic carbocycles. The lowest BCUT2D eigenvalue weighted by molar-refractivity contribution is 0.402. The highest BCUT2D eigenvalue weighted by atomic mass is 35.5. The Bertz CT molecular complexity index is 854. The monoisotopic (exact) mass is 382 g/mol. The molecule has 1 aromatic carbocycles. The molecule has 9 heteroatoms. The summed E-state index contributed by atoms with van der Waals surface area (Å²) in [6.07, 6.45) is 3.92. The van der Waals surface area contributed by atoms with E-state index < -0.39 is 10.0 Å². The van der Waals surface area contributed by atoms with Crippen LogP contribution < -0.4 is 14.4 Å². The first-order valence-electron chi connectivity index (χ1n) is 7.90. The van der Waals surface area contributed by atoms with E-state index in [4.69, 9.17) is 16.3 Å². The summed E-state index contributed by atoms with van der Waals surface area (Å²) in [5.74, 6) is 1.46. The van der Waals surface area contributed by atoms with E-state index in [2.05, 4.69) is 19.6 Å². The van der Waals surface area contributed by atoms with Gasteiger partial charge in [-0.05, 0) is 37.1 Å². The highest BCUT2D eigenvalue weighted by molar-refractivity contribution is 7.89. The summed E-state index contributed by atoms with van der Waals surface area (Å²) < 4.78 is 32.7. The van der Waals surface area contributed by atoms with Crippen LogP contribution >= 0.6 is 11.6 Å². The Hall–Kier alpha value is -1.90. The van der Waals surface area contributed by atoms with Crippen molar-refractivity contribution >= 4 is 27.4 Å². The first kappa shape index (κ1) is 17.9. The van der Waals surface area contributed by atoms with Crippen LogP contribution in [0.15, 0.2) is 35.4 Å². The van der Waals surface area contributed by atoms with E-state index in [-0.39, 0.29) is 17.2 Å². The fourth-order valence-corrected chi connectivity index (χ4v) is 4.10. The van der Waals surface area contributed by atoms with Gasteiger partial charge in [0, 0.05) is 24.3 Å². The highest BCUT2D eigenvalue weighted by Gasteiger charge is 2.21. The molecule has 1 fully saturated rings. The van der Waals surface area contributed by atoms with Crippen LogP contribution in [0.25, 0.3) is 0 Å². The van der Waals surface area contributed by atoms with E-state index in [1.807, 2.05) is 6.07 Å². The third-order valence-electron chi connectivity index (χ3n) is 3.96. The first-order chi connectivity index (χ1) is 12.0. The SMILES string of the molecule is COc1ccc(Cl)cc1S(=O)(=O)NCc1nccc(N2CCCC2)n1. The maximum absolute atomic E-state index is 12.6. The molecule has 1 aliphatic rings. The van der Waals surface area contributed by atoms with Gasteiger partial charge in [0.25, 0.3) is 0 Å². The van der Waals surface area contributed by atoms with Gasteiger partial charge in [0.2, 0.25) is 10.0 Å². The second kappa shape index (κ2) is 7.55. The zero-order chi connectivity index (χ0) is 17.9. The van der Waals surface area contributed by atoms with Crippen LogP contribution in [0.1, 0.15) is 18.7 Å². The lowest BCUT2D eigenvalue weighted by atomic mass is 10.3. The molecule has 0 unspecified atom stereocenters. The van der Waals surface area contributed by atoms with Gasteiger partial charge >= 0.3 is 0 Å². The Balaban J connectivity index is 1.76. The minimum absolute atomic E-state index is 0.0142. The van der Waals surface area contributed by atoms with Gasteiger partial charge < -0.3 is 9.64 Å². The van der Waals surface area contributed by atoms with Crippen molar-refractivity contribution < 1.29 is 13.2 Å². The Morgan fingerprint density at radius 3 is 2.76 bits per heavy atom. The number of nitrogens with zero attached hydrogens (tertiary/aromatic N) is 3. The molecule has 1 aliphatic heterocycles. The van der Waals surface area contributed by atoms with Gasteiger partial charge in [0.15, 0.2) is 0 Å². The normalized spacial score (nSPS) is 14.7. The number of rotatable bonds is 6. The summed E-state index contributed by atoms with van der Waals surface area (Å²) in [6.45, 7) is 1.91. The fourth-order valence-electron chi connectivity index (χ4n) is 2.69. The van der Waals surface area contributed by atoms with Gasteiger partial charge in [-0.15, -0.1) is 0 Å². The molecule has 1 N–H and O–H groups in total. The van der Waals surface area contributed by atoms with Gasteiger partial charge in [-0.2, -0.15) is 0 Å². The van der Waals surface area contributed by atoms with E-state index >= 15 is 0 Å². The Morgan fingerprint density at radius 1 is 1.28 bits per heavy atom. The van der Waals surface area contributed by atoms with Crippen molar-refractivity contribution in [2.24, 2.45) is 0 Å². The summed E-state index contributed by atoms with van der Waals surface area (Å²) in [5.41, 5.74) is 0. The van der Waals surface area contributed by atoms with Crippen LogP contribution in [0.4, 0.5) is 5.82 Å². The van der Waals surface area contributed by atoms with E-state index in [1.165, 1.54) is 19.2 Å². The van der Waals surface area contributed by atoms with Crippen molar-refractivity contribution in [3.63, 3.8) is 0 Å². The Kier molecular flexibility index (Phi) is 5.41. The quantitative estimate of drug-likeness (QED) is 0.824. The van der Waals surface area contributed by atoms with Crippen LogP contribution in [0.3, 0.4) is 0 Å². The number of halogens is 1. The number of aromatic nitrogens is 2. The molecule has 0 amide bonds. The van der Waals surface area contributed by atoms with Crippen molar-refractivity contribution in [1.82, 2.24) is 14.7 Å². The third-order valence-corrected chi connectivity index (χ3v) is 5.61. The molecule has 2 heterocycles. The molecule has 2 aromatic rings. The number of hydrogen-bond acceptors (Lipinski definition) is 6. The number of methoxy groups -OCH3 is 1. The van der Waals surface area contributed by atoms with Crippen LogP contribution in [0.2, 0.25) is 5.02 Å². The molecule has 7 nitrogen and oxygen atoms in total. The first-order valence-corrected chi connectivity index (χ1v) is 9.76. The molecule has 0 bridgehead atoms. The summed E-state index contributed by atoms with van der Waals surface area (Å²) in [5, 5.41) is 0.313. The minimum atomic E-state index is -3.81. The van der Waals surface area contributed by atoms with Crippen molar-refractivity contribution in [3.05, 3.63) is 41.3 Å². The maximum Gasteiger partial charge on any atom is 0.244 e. The van der Waals surface area contributed by atoms with Crippen LogP contribution in [0, 0.1) is 0 Å². The molecule has 0 spiro atoms. The van der Waals surface area contributed by atoms with Crippen LogP contribution in [-0.2, 0) is 16.6 Å². The predicted molar refractivity (Wildman–Crippen MR) is 95.5 cm³/mol. The summed E-state index contributed by atoms with van der Waals surface area (Å²) in [4.78, 5) is 10.7. The lowest BCUT2D eigenvalue weighted by Gasteiger charge is -2.16. The number of ether oxygens (including phenoxy) is 1. The maximum atomic E-state index is 12.6. The van der Waals surface area contributed by atoms with Crippen LogP contribution in [-0.4, -0.2) is 38.6 Å². The molecule has 1 aromatic heterocycles. The molecule has 25 heavy (non-hydrogen) atoms. The highest BCUT2D eigenvalue weighted by Crippen LogP contribution is 2.27. The lowest BCUT2D eigenvalue weighted by Crippen LogP contribution is -2.26. The standard InChI is InChI=1S/C16H19ClN4O3S/c1-24-13-5-4-12(17)10-14(13)25(22,23)19-11-15-18-7-6-16(20-15)21-8-2-3-9-21/h4-7,10,19H,2-3,8-9,11H2,1H3. The second-order valence-corrected chi connectivity index (χ2v) is 7.82. The average Bonchev–Trinajstić information content (AvgIpc) is 3.15. The topological polar surface area (TPSA) is 84.4 Å². The number of sulfonamides is 1. The number of hydrogen-bond donors (Lipinski definition) is 1. The fraction of sp³-hybridized carbons (Fsp3) is 0.375. The molecule has 0 radical (unpaired) electrons. The molecule has 0 saturated carbocycles. The zero-order valence-electron chi connectivity index (χ0n) is 13.8. The zero-order valence-corrected chi connectivity index (χ0v) is 15.3.